The zero-order valence-corrected chi connectivity index (χ0v) is 20.3. The topological polar surface area (TPSA) is 85.7 Å². The molecule has 4 rings (SSSR count). The van der Waals surface area contributed by atoms with E-state index in [1.165, 1.54) is 19.1 Å². The summed E-state index contributed by atoms with van der Waals surface area (Å²) in [5, 5.41) is 2.59. The highest BCUT2D eigenvalue weighted by Gasteiger charge is 2.36. The van der Waals surface area contributed by atoms with Crippen molar-refractivity contribution in [1.29, 1.82) is 0 Å². The van der Waals surface area contributed by atoms with Crippen molar-refractivity contribution in [3.05, 3.63) is 70.7 Å². The fourth-order valence-corrected chi connectivity index (χ4v) is 4.20. The van der Waals surface area contributed by atoms with Crippen molar-refractivity contribution in [3.63, 3.8) is 0 Å². The summed E-state index contributed by atoms with van der Waals surface area (Å²) < 4.78 is 12.7. The van der Waals surface area contributed by atoms with E-state index in [1.54, 1.807) is 30.5 Å². The van der Waals surface area contributed by atoms with Crippen LogP contribution in [0.25, 0.3) is 11.9 Å². The van der Waals surface area contributed by atoms with Crippen molar-refractivity contribution >= 4 is 40.9 Å². The van der Waals surface area contributed by atoms with Gasteiger partial charge in [-0.15, -0.1) is 0 Å². The number of aryl methyl sites for hydroxylation is 2. The van der Waals surface area contributed by atoms with Gasteiger partial charge in [0.15, 0.2) is 5.11 Å². The van der Waals surface area contributed by atoms with Crippen molar-refractivity contribution in [2.24, 2.45) is 0 Å². The molecule has 1 saturated heterocycles. The van der Waals surface area contributed by atoms with Gasteiger partial charge >= 0.3 is 0 Å². The predicted molar refractivity (Wildman–Crippen MR) is 134 cm³/mol. The molecule has 0 saturated carbocycles. The summed E-state index contributed by atoms with van der Waals surface area (Å²) in [6.45, 7) is 5.87. The maximum absolute atomic E-state index is 13.5. The van der Waals surface area contributed by atoms with Gasteiger partial charge in [0.25, 0.3) is 11.8 Å². The Morgan fingerprint density at radius 3 is 2.47 bits per heavy atom. The van der Waals surface area contributed by atoms with Crippen molar-refractivity contribution in [2.45, 2.75) is 20.8 Å². The molecule has 1 aliphatic rings. The van der Waals surface area contributed by atoms with Gasteiger partial charge in [-0.3, -0.25) is 14.9 Å². The van der Waals surface area contributed by atoms with Crippen LogP contribution in [0.3, 0.4) is 0 Å². The van der Waals surface area contributed by atoms with Crippen LogP contribution >= 0.6 is 12.2 Å². The lowest BCUT2D eigenvalue weighted by Crippen LogP contribution is -2.54. The Bertz CT molecular complexity index is 1360. The summed E-state index contributed by atoms with van der Waals surface area (Å²) in [4.78, 5) is 32.0. The molecule has 1 fully saturated rings. The number of aromatic nitrogens is 2. The SMILES string of the molecule is COc1ccc(N2C(=O)/C(=C\c3cc(C)n(-c4cc(C)ccn4)c3C)C(=O)NC2=S)c(OC)c1. The average Bonchev–Trinajstić information content (AvgIpc) is 3.09. The summed E-state index contributed by atoms with van der Waals surface area (Å²) >= 11 is 5.32. The fourth-order valence-electron chi connectivity index (χ4n) is 3.93. The van der Waals surface area contributed by atoms with E-state index >= 15 is 0 Å². The molecule has 0 spiro atoms. The molecule has 0 bridgehead atoms. The number of nitrogens with one attached hydrogen (secondary N) is 1. The van der Waals surface area contributed by atoms with Crippen LogP contribution in [-0.4, -0.2) is 40.7 Å². The van der Waals surface area contributed by atoms with Crippen molar-refractivity contribution in [2.75, 3.05) is 19.1 Å². The molecule has 174 valence electrons. The number of carbonyl (C=O) groups excluding carboxylic acids is 2. The molecule has 0 aliphatic carbocycles. The van der Waals surface area contributed by atoms with Gasteiger partial charge in [-0.2, -0.15) is 0 Å². The zero-order chi connectivity index (χ0) is 24.6. The second kappa shape index (κ2) is 9.11. The summed E-state index contributed by atoms with van der Waals surface area (Å²) in [5.41, 5.74) is 3.95. The molecule has 9 heteroatoms. The molecule has 1 aromatic carbocycles. The fraction of sp³-hybridized carbons (Fsp3) is 0.200. The van der Waals surface area contributed by atoms with Gasteiger partial charge in [-0.1, -0.05) is 0 Å². The molecule has 34 heavy (non-hydrogen) atoms. The van der Waals surface area contributed by atoms with Crippen LogP contribution in [0.1, 0.15) is 22.5 Å². The first-order chi connectivity index (χ1) is 16.2. The van der Waals surface area contributed by atoms with Crippen LogP contribution < -0.4 is 19.7 Å². The van der Waals surface area contributed by atoms with E-state index in [9.17, 15) is 9.59 Å². The number of carbonyl (C=O) groups is 2. The monoisotopic (exact) mass is 476 g/mol. The Hall–Kier alpha value is -3.98. The maximum Gasteiger partial charge on any atom is 0.270 e. The number of hydrogen-bond donors (Lipinski definition) is 1. The van der Waals surface area contributed by atoms with E-state index in [1.807, 2.05) is 43.5 Å². The van der Waals surface area contributed by atoms with E-state index in [0.717, 1.165) is 28.3 Å². The molecule has 2 amide bonds. The molecule has 8 nitrogen and oxygen atoms in total. The van der Waals surface area contributed by atoms with Crippen molar-refractivity contribution in [3.8, 4) is 17.3 Å². The normalized spacial score (nSPS) is 15.0. The second-order valence-corrected chi connectivity index (χ2v) is 8.24. The molecule has 1 N–H and O–H groups in total. The molecule has 0 atom stereocenters. The first-order valence-electron chi connectivity index (χ1n) is 10.5. The third-order valence-electron chi connectivity index (χ3n) is 5.63. The number of methoxy groups -OCH3 is 2. The number of benzene rings is 1. The van der Waals surface area contributed by atoms with Crippen molar-refractivity contribution < 1.29 is 19.1 Å². The van der Waals surface area contributed by atoms with Crippen LogP contribution in [-0.2, 0) is 9.59 Å². The summed E-state index contributed by atoms with van der Waals surface area (Å²) in [6, 6.07) is 10.8. The number of nitrogens with zero attached hydrogens (tertiary/aromatic N) is 3. The largest absolute Gasteiger partial charge is 0.497 e. The average molecular weight is 477 g/mol. The third-order valence-corrected chi connectivity index (χ3v) is 5.91. The van der Waals surface area contributed by atoms with Gasteiger partial charge in [0.2, 0.25) is 0 Å². The minimum Gasteiger partial charge on any atom is -0.497 e. The Kier molecular flexibility index (Phi) is 6.21. The Morgan fingerprint density at radius 1 is 1.03 bits per heavy atom. The van der Waals surface area contributed by atoms with Crippen molar-refractivity contribution in [1.82, 2.24) is 14.9 Å². The predicted octanol–water partition coefficient (Wildman–Crippen LogP) is 3.65. The molecule has 3 aromatic rings. The lowest BCUT2D eigenvalue weighted by molar-refractivity contribution is -0.122. The van der Waals surface area contributed by atoms with Crippen LogP contribution in [0, 0.1) is 20.8 Å². The Morgan fingerprint density at radius 2 is 1.79 bits per heavy atom. The van der Waals surface area contributed by atoms with Crippen LogP contribution in [0.2, 0.25) is 0 Å². The van der Waals surface area contributed by atoms with Gasteiger partial charge in [-0.25, -0.2) is 9.88 Å². The molecular formula is C25H24N4O4S. The number of rotatable bonds is 5. The molecule has 2 aromatic heterocycles. The third kappa shape index (κ3) is 4.06. The van der Waals surface area contributed by atoms with Gasteiger partial charge in [-0.05, 0) is 80.5 Å². The molecular weight excluding hydrogens is 452 g/mol. The van der Waals surface area contributed by atoms with Gasteiger partial charge in [0.1, 0.15) is 22.9 Å². The van der Waals surface area contributed by atoms with E-state index in [4.69, 9.17) is 21.7 Å². The molecule has 0 unspecified atom stereocenters. The minimum atomic E-state index is -0.558. The van der Waals surface area contributed by atoms with Crippen LogP contribution in [0.4, 0.5) is 5.69 Å². The summed E-state index contributed by atoms with van der Waals surface area (Å²) in [6.07, 6.45) is 3.33. The Balaban J connectivity index is 1.78. The number of amides is 2. The molecule has 0 radical (unpaired) electrons. The highest BCUT2D eigenvalue weighted by Crippen LogP contribution is 2.34. The smallest absolute Gasteiger partial charge is 0.270 e. The molecule has 3 heterocycles. The van der Waals surface area contributed by atoms with E-state index < -0.39 is 11.8 Å². The molecule has 1 aliphatic heterocycles. The van der Waals surface area contributed by atoms with E-state index in [0.29, 0.717) is 17.2 Å². The van der Waals surface area contributed by atoms with Gasteiger partial charge in [0.05, 0.1) is 19.9 Å². The summed E-state index contributed by atoms with van der Waals surface area (Å²) in [7, 11) is 3.02. The van der Waals surface area contributed by atoms with Crippen LogP contribution in [0.5, 0.6) is 11.5 Å². The van der Waals surface area contributed by atoms with E-state index in [2.05, 4.69) is 10.3 Å². The number of thiocarbonyl (C=S) groups is 1. The van der Waals surface area contributed by atoms with Gasteiger partial charge in [0, 0.05) is 23.7 Å². The first-order valence-corrected chi connectivity index (χ1v) is 10.9. The number of ether oxygens (including phenoxy) is 2. The highest BCUT2D eigenvalue weighted by atomic mass is 32.1. The maximum atomic E-state index is 13.5. The summed E-state index contributed by atoms with van der Waals surface area (Å²) in [5.74, 6) is 0.611. The first kappa shape index (κ1) is 23.2. The van der Waals surface area contributed by atoms with Gasteiger partial charge < -0.3 is 14.0 Å². The number of pyridine rings is 1. The zero-order valence-electron chi connectivity index (χ0n) is 19.5. The number of hydrogen-bond acceptors (Lipinski definition) is 6. The quantitative estimate of drug-likeness (QED) is 0.344. The Labute approximate surface area is 202 Å². The lowest BCUT2D eigenvalue weighted by Gasteiger charge is -2.30. The second-order valence-electron chi connectivity index (χ2n) is 7.85. The lowest BCUT2D eigenvalue weighted by atomic mass is 10.1. The highest BCUT2D eigenvalue weighted by molar-refractivity contribution is 7.80. The van der Waals surface area contributed by atoms with E-state index in [-0.39, 0.29) is 10.7 Å². The van der Waals surface area contributed by atoms with Crippen LogP contribution in [0.15, 0.2) is 48.2 Å². The standard InChI is InChI=1S/C25H24N4O4S/c1-14-8-9-26-22(10-14)28-15(2)11-17(16(28)3)12-19-23(30)27-25(34)29(24(19)31)20-7-6-18(32-4)13-21(20)33-5/h6-13H,1-5H3,(H,27,30,34)/b19-12-. The minimum absolute atomic E-state index is 0.0231. The number of anilines is 1.